The second-order valence-electron chi connectivity index (χ2n) is 5.93. The molecule has 0 atom stereocenters. The SMILES string of the molecule is CN(CC(C)(C)C)C(=O)c1cc(Cl)cc(S(=O)(=O)Cl)c1F. The van der Waals surface area contributed by atoms with Crippen LogP contribution < -0.4 is 0 Å². The van der Waals surface area contributed by atoms with Gasteiger partial charge >= 0.3 is 0 Å². The predicted molar refractivity (Wildman–Crippen MR) is 80.9 cm³/mol. The summed E-state index contributed by atoms with van der Waals surface area (Å²) in [5.41, 5.74) is -0.616. The van der Waals surface area contributed by atoms with E-state index in [4.69, 9.17) is 22.3 Å². The largest absolute Gasteiger partial charge is 0.341 e. The van der Waals surface area contributed by atoms with Gasteiger partial charge in [0.05, 0.1) is 5.56 Å². The van der Waals surface area contributed by atoms with Gasteiger partial charge in [-0.15, -0.1) is 0 Å². The zero-order valence-electron chi connectivity index (χ0n) is 12.1. The fraction of sp³-hybridized carbons (Fsp3) is 0.462. The van der Waals surface area contributed by atoms with Crippen molar-refractivity contribution in [1.82, 2.24) is 4.90 Å². The summed E-state index contributed by atoms with van der Waals surface area (Å²) in [5, 5.41) is -0.0804. The average molecular weight is 356 g/mol. The summed E-state index contributed by atoms with van der Waals surface area (Å²) >= 11 is 5.75. The Labute approximate surface area is 133 Å². The molecule has 0 bridgehead atoms. The number of nitrogens with zero attached hydrogens (tertiary/aromatic N) is 1. The van der Waals surface area contributed by atoms with Gasteiger partial charge < -0.3 is 4.90 Å². The second kappa shape index (κ2) is 6.10. The summed E-state index contributed by atoms with van der Waals surface area (Å²) in [5.74, 6) is -1.85. The molecular formula is C13H16Cl2FNO3S. The second-order valence-corrected chi connectivity index (χ2v) is 8.90. The number of hydrogen-bond acceptors (Lipinski definition) is 3. The van der Waals surface area contributed by atoms with Crippen LogP contribution in [0.3, 0.4) is 0 Å². The Morgan fingerprint density at radius 2 is 1.86 bits per heavy atom. The van der Waals surface area contributed by atoms with Crippen LogP contribution in [0.1, 0.15) is 31.1 Å². The molecule has 0 heterocycles. The molecule has 0 fully saturated rings. The maximum atomic E-state index is 14.2. The minimum absolute atomic E-state index is 0.0804. The topological polar surface area (TPSA) is 54.5 Å². The molecule has 1 amide bonds. The fourth-order valence-corrected chi connectivity index (χ4v) is 3.10. The van der Waals surface area contributed by atoms with Gasteiger partial charge in [0.25, 0.3) is 15.0 Å². The maximum absolute atomic E-state index is 14.2. The van der Waals surface area contributed by atoms with Gasteiger partial charge in [0, 0.05) is 29.3 Å². The molecule has 0 saturated carbocycles. The molecular weight excluding hydrogens is 340 g/mol. The third-order valence-electron chi connectivity index (χ3n) is 2.56. The lowest BCUT2D eigenvalue weighted by molar-refractivity contribution is 0.0740. The summed E-state index contributed by atoms with van der Waals surface area (Å²) in [4.78, 5) is 12.8. The predicted octanol–water partition coefficient (Wildman–Crippen LogP) is 3.52. The lowest BCUT2D eigenvalue weighted by Gasteiger charge is -2.27. The molecule has 4 nitrogen and oxygen atoms in total. The standard InChI is InChI=1S/C13H16Cl2FNO3S/c1-13(2,3)7-17(4)12(18)9-5-8(14)6-10(11(9)16)21(15,19)20/h5-6H,7H2,1-4H3. The lowest BCUT2D eigenvalue weighted by atomic mass is 9.96. The Morgan fingerprint density at radius 1 is 1.33 bits per heavy atom. The molecule has 0 spiro atoms. The van der Waals surface area contributed by atoms with E-state index in [0.29, 0.717) is 6.54 Å². The van der Waals surface area contributed by atoms with Crippen molar-refractivity contribution in [3.63, 3.8) is 0 Å². The van der Waals surface area contributed by atoms with Gasteiger partial charge in [0.2, 0.25) is 0 Å². The third kappa shape index (κ3) is 4.83. The molecule has 1 rings (SSSR count). The van der Waals surface area contributed by atoms with Crippen LogP contribution in [0.4, 0.5) is 4.39 Å². The van der Waals surface area contributed by atoms with Crippen LogP contribution >= 0.6 is 22.3 Å². The molecule has 0 aliphatic carbocycles. The maximum Gasteiger partial charge on any atom is 0.264 e. The average Bonchev–Trinajstić information content (AvgIpc) is 2.27. The van der Waals surface area contributed by atoms with E-state index in [1.54, 1.807) is 0 Å². The third-order valence-corrected chi connectivity index (χ3v) is 4.09. The molecule has 0 aliphatic heterocycles. The number of hydrogen-bond donors (Lipinski definition) is 0. The highest BCUT2D eigenvalue weighted by Gasteiger charge is 2.26. The highest BCUT2D eigenvalue weighted by Crippen LogP contribution is 2.27. The van der Waals surface area contributed by atoms with E-state index in [0.717, 1.165) is 12.1 Å². The van der Waals surface area contributed by atoms with Crippen molar-refractivity contribution in [2.45, 2.75) is 25.7 Å². The van der Waals surface area contributed by atoms with Gasteiger partial charge in [-0.25, -0.2) is 12.8 Å². The molecule has 21 heavy (non-hydrogen) atoms. The number of carbonyl (C=O) groups is 1. The molecule has 1 aromatic rings. The Hall–Kier alpha value is -0.850. The van der Waals surface area contributed by atoms with Gasteiger partial charge in [-0.05, 0) is 17.5 Å². The molecule has 8 heteroatoms. The van der Waals surface area contributed by atoms with Crippen LogP contribution in [0.25, 0.3) is 0 Å². The zero-order chi connectivity index (χ0) is 16.6. The van der Waals surface area contributed by atoms with Crippen molar-refractivity contribution in [2.75, 3.05) is 13.6 Å². The van der Waals surface area contributed by atoms with Gasteiger partial charge in [0.1, 0.15) is 4.90 Å². The molecule has 0 aromatic heterocycles. The monoisotopic (exact) mass is 355 g/mol. The minimum atomic E-state index is -4.33. The Morgan fingerprint density at radius 3 is 2.29 bits per heavy atom. The van der Waals surface area contributed by atoms with Gasteiger partial charge in [-0.1, -0.05) is 32.4 Å². The first kappa shape index (κ1) is 18.2. The quantitative estimate of drug-likeness (QED) is 0.779. The van der Waals surface area contributed by atoms with Crippen molar-refractivity contribution in [2.24, 2.45) is 5.41 Å². The zero-order valence-corrected chi connectivity index (χ0v) is 14.4. The molecule has 0 unspecified atom stereocenters. The van der Waals surface area contributed by atoms with E-state index < -0.39 is 31.2 Å². The lowest BCUT2D eigenvalue weighted by Crippen LogP contribution is -2.35. The first-order valence-electron chi connectivity index (χ1n) is 6.02. The first-order chi connectivity index (χ1) is 9.33. The van der Waals surface area contributed by atoms with E-state index in [1.165, 1.54) is 11.9 Å². The van der Waals surface area contributed by atoms with E-state index in [-0.39, 0.29) is 10.4 Å². The summed E-state index contributed by atoms with van der Waals surface area (Å²) in [6.45, 7) is 6.11. The van der Waals surface area contributed by atoms with Crippen molar-refractivity contribution in [3.05, 3.63) is 28.5 Å². The van der Waals surface area contributed by atoms with Gasteiger partial charge in [-0.2, -0.15) is 0 Å². The minimum Gasteiger partial charge on any atom is -0.341 e. The first-order valence-corrected chi connectivity index (χ1v) is 8.71. The fourth-order valence-electron chi connectivity index (χ4n) is 1.89. The molecule has 0 N–H and O–H groups in total. The number of benzene rings is 1. The van der Waals surface area contributed by atoms with Crippen LogP contribution in [0, 0.1) is 11.2 Å². The van der Waals surface area contributed by atoms with Crippen molar-refractivity contribution in [1.29, 1.82) is 0 Å². The number of rotatable bonds is 3. The normalized spacial score (nSPS) is 12.3. The highest BCUT2D eigenvalue weighted by molar-refractivity contribution is 8.13. The van der Waals surface area contributed by atoms with E-state index in [2.05, 4.69) is 0 Å². The number of halogens is 3. The molecule has 0 saturated heterocycles. The van der Waals surface area contributed by atoms with Crippen LogP contribution in [-0.2, 0) is 9.05 Å². The molecule has 0 radical (unpaired) electrons. The van der Waals surface area contributed by atoms with Crippen LogP contribution in [-0.4, -0.2) is 32.8 Å². The van der Waals surface area contributed by atoms with Crippen molar-refractivity contribution in [3.8, 4) is 0 Å². The summed E-state index contributed by atoms with van der Waals surface area (Å²) in [7, 11) is 2.32. The summed E-state index contributed by atoms with van der Waals surface area (Å²) in [6, 6.07) is 1.96. The molecule has 1 aromatic carbocycles. The van der Waals surface area contributed by atoms with Crippen LogP contribution in [0.5, 0.6) is 0 Å². The van der Waals surface area contributed by atoms with Crippen LogP contribution in [0.15, 0.2) is 17.0 Å². The Balaban J connectivity index is 3.32. The van der Waals surface area contributed by atoms with E-state index in [9.17, 15) is 17.6 Å². The number of amides is 1. The molecule has 0 aliphatic rings. The Kier molecular flexibility index (Phi) is 5.29. The highest BCUT2D eigenvalue weighted by atomic mass is 35.7. The van der Waals surface area contributed by atoms with Gasteiger partial charge in [-0.3, -0.25) is 4.79 Å². The summed E-state index contributed by atoms with van der Waals surface area (Å²) < 4.78 is 36.9. The van der Waals surface area contributed by atoms with E-state index >= 15 is 0 Å². The van der Waals surface area contributed by atoms with Crippen LogP contribution in [0.2, 0.25) is 5.02 Å². The van der Waals surface area contributed by atoms with E-state index in [1.807, 2.05) is 20.8 Å². The van der Waals surface area contributed by atoms with Crippen molar-refractivity contribution >= 4 is 37.2 Å². The summed E-state index contributed by atoms with van der Waals surface area (Å²) in [6.07, 6.45) is 0. The Bertz CT molecular complexity index is 669. The van der Waals surface area contributed by atoms with Crippen molar-refractivity contribution < 1.29 is 17.6 Å². The number of carbonyl (C=O) groups excluding carboxylic acids is 1. The molecule has 118 valence electrons. The van der Waals surface area contributed by atoms with Gasteiger partial charge in [0.15, 0.2) is 5.82 Å². The smallest absolute Gasteiger partial charge is 0.264 e.